The average molecular weight is 327 g/mol. The molecule has 0 aliphatic carbocycles. The number of nitrogens with one attached hydrogen (secondary N) is 1. The van der Waals surface area contributed by atoms with Crippen LogP contribution in [0.25, 0.3) is 0 Å². The van der Waals surface area contributed by atoms with Gasteiger partial charge in [0.15, 0.2) is 0 Å². The third kappa shape index (κ3) is 5.15. The third-order valence-corrected chi connectivity index (χ3v) is 4.14. The third-order valence-electron chi connectivity index (χ3n) is 4.14. The Morgan fingerprint density at radius 1 is 1.17 bits per heavy atom. The molecule has 1 N–H and O–H groups in total. The Labute approximate surface area is 145 Å². The van der Waals surface area contributed by atoms with Gasteiger partial charge < -0.3 is 14.8 Å². The van der Waals surface area contributed by atoms with Crippen molar-refractivity contribution < 1.29 is 4.79 Å². The van der Waals surface area contributed by atoms with Crippen LogP contribution in [0.4, 0.5) is 4.79 Å². The van der Waals surface area contributed by atoms with Crippen molar-refractivity contribution in [2.24, 2.45) is 0 Å². The van der Waals surface area contributed by atoms with E-state index >= 15 is 0 Å². The van der Waals surface area contributed by atoms with Crippen molar-refractivity contribution >= 4 is 6.03 Å². The molecular weight excluding hydrogens is 298 g/mol. The van der Waals surface area contributed by atoms with Crippen LogP contribution in [0.2, 0.25) is 0 Å². The molecule has 0 fully saturated rings. The van der Waals surface area contributed by atoms with Crippen molar-refractivity contribution in [3.63, 3.8) is 0 Å². The lowest BCUT2D eigenvalue weighted by Gasteiger charge is -2.27. The molecule has 2 aromatic rings. The molecule has 1 aromatic heterocycles. The Kier molecular flexibility index (Phi) is 6.91. The Balaban J connectivity index is 2.05. The van der Waals surface area contributed by atoms with Gasteiger partial charge in [-0.15, -0.1) is 0 Å². The number of nitrogens with zero attached hydrogens (tertiary/aromatic N) is 2. The van der Waals surface area contributed by atoms with Crippen LogP contribution in [0.1, 0.15) is 44.9 Å². The van der Waals surface area contributed by atoms with E-state index < -0.39 is 0 Å². The number of unbranched alkanes of at least 4 members (excludes halogenated alkanes) is 1. The number of carbonyl (C=O) groups excluding carboxylic acids is 1. The second-order valence-corrected chi connectivity index (χ2v) is 6.42. The largest absolute Gasteiger partial charge is 0.345 e. The van der Waals surface area contributed by atoms with E-state index in [0.717, 1.165) is 31.6 Å². The first-order chi connectivity index (χ1) is 11.6. The summed E-state index contributed by atoms with van der Waals surface area (Å²) >= 11 is 0. The van der Waals surface area contributed by atoms with Crippen molar-refractivity contribution in [2.75, 3.05) is 6.54 Å². The molecule has 1 heterocycles. The summed E-state index contributed by atoms with van der Waals surface area (Å²) in [6, 6.07) is 14.7. The van der Waals surface area contributed by atoms with E-state index in [9.17, 15) is 4.79 Å². The molecule has 1 aromatic carbocycles. The highest BCUT2D eigenvalue weighted by Gasteiger charge is 2.18. The zero-order chi connectivity index (χ0) is 17.4. The minimum absolute atomic E-state index is 0.0194. The molecule has 0 unspecified atom stereocenters. The van der Waals surface area contributed by atoms with Crippen molar-refractivity contribution in [1.29, 1.82) is 0 Å². The topological polar surface area (TPSA) is 37.3 Å². The first-order valence-electron chi connectivity index (χ1n) is 8.84. The first-order valence-corrected chi connectivity index (χ1v) is 8.84. The van der Waals surface area contributed by atoms with Gasteiger partial charge in [0, 0.05) is 31.0 Å². The van der Waals surface area contributed by atoms with Gasteiger partial charge in [-0.3, -0.25) is 0 Å². The lowest BCUT2D eigenvalue weighted by molar-refractivity contribution is 0.178. The van der Waals surface area contributed by atoms with Crippen LogP contribution in [-0.4, -0.2) is 28.1 Å². The van der Waals surface area contributed by atoms with Crippen molar-refractivity contribution in [1.82, 2.24) is 14.8 Å². The molecule has 0 spiro atoms. The Hall–Kier alpha value is -2.23. The van der Waals surface area contributed by atoms with Crippen molar-refractivity contribution in [3.05, 3.63) is 59.9 Å². The van der Waals surface area contributed by atoms with Crippen LogP contribution >= 0.6 is 0 Å². The second-order valence-electron chi connectivity index (χ2n) is 6.42. The molecule has 4 nitrogen and oxygen atoms in total. The van der Waals surface area contributed by atoms with Crippen molar-refractivity contribution in [2.45, 2.75) is 52.7 Å². The lowest BCUT2D eigenvalue weighted by Crippen LogP contribution is -2.44. The Morgan fingerprint density at radius 2 is 1.92 bits per heavy atom. The Bertz CT molecular complexity index is 619. The summed E-state index contributed by atoms with van der Waals surface area (Å²) in [6.07, 6.45) is 4.18. The molecule has 0 atom stereocenters. The normalized spacial score (nSPS) is 10.8. The number of hydrogen-bond donors (Lipinski definition) is 1. The molecule has 24 heavy (non-hydrogen) atoms. The fraction of sp³-hybridized carbons (Fsp3) is 0.450. The molecule has 130 valence electrons. The van der Waals surface area contributed by atoms with Gasteiger partial charge in [-0.05, 0) is 38.0 Å². The van der Waals surface area contributed by atoms with Crippen LogP contribution in [-0.2, 0) is 13.1 Å². The second kappa shape index (κ2) is 9.16. The predicted molar refractivity (Wildman–Crippen MR) is 99.0 cm³/mol. The fourth-order valence-corrected chi connectivity index (χ4v) is 2.66. The monoisotopic (exact) mass is 327 g/mol. The molecule has 4 heteroatoms. The highest BCUT2D eigenvalue weighted by atomic mass is 16.2. The summed E-state index contributed by atoms with van der Waals surface area (Å²) in [7, 11) is 0. The van der Waals surface area contributed by atoms with Crippen LogP contribution in [0, 0.1) is 0 Å². The number of hydrogen-bond acceptors (Lipinski definition) is 1. The van der Waals surface area contributed by atoms with Crippen LogP contribution in [0.3, 0.4) is 0 Å². The molecule has 2 rings (SSSR count). The van der Waals surface area contributed by atoms with E-state index in [4.69, 9.17) is 0 Å². The van der Waals surface area contributed by atoms with E-state index in [2.05, 4.69) is 67.2 Å². The number of urea groups is 1. The predicted octanol–water partition coefficient (Wildman–Crippen LogP) is 4.26. The van der Waals surface area contributed by atoms with Crippen LogP contribution in [0.15, 0.2) is 48.7 Å². The summed E-state index contributed by atoms with van der Waals surface area (Å²) in [5.74, 6) is 0. The summed E-state index contributed by atoms with van der Waals surface area (Å²) in [5, 5.41) is 3.02. The highest BCUT2D eigenvalue weighted by Crippen LogP contribution is 2.12. The maximum Gasteiger partial charge on any atom is 0.317 e. The zero-order valence-corrected chi connectivity index (χ0v) is 15.0. The minimum atomic E-state index is 0.0194. The maximum atomic E-state index is 12.5. The molecule has 0 saturated heterocycles. The van der Waals surface area contributed by atoms with E-state index in [0.29, 0.717) is 6.54 Å². The number of rotatable bonds is 8. The summed E-state index contributed by atoms with van der Waals surface area (Å²) < 4.78 is 2.21. The standard InChI is InChI=1S/C20H29N3O/c1-4-5-13-21-20(24)23(17(2)3)16-19-12-9-14-22(19)15-18-10-7-6-8-11-18/h6-12,14,17H,4-5,13,15-16H2,1-3H3,(H,21,24). The van der Waals surface area contributed by atoms with Gasteiger partial charge in [-0.1, -0.05) is 43.7 Å². The average Bonchev–Trinajstić information content (AvgIpc) is 3.00. The van der Waals surface area contributed by atoms with Crippen molar-refractivity contribution in [3.8, 4) is 0 Å². The van der Waals surface area contributed by atoms with Gasteiger partial charge >= 0.3 is 6.03 Å². The lowest BCUT2D eigenvalue weighted by atomic mass is 10.2. The molecular formula is C20H29N3O. The van der Waals surface area contributed by atoms with E-state index in [1.807, 2.05) is 17.0 Å². The summed E-state index contributed by atoms with van der Waals surface area (Å²) in [5.41, 5.74) is 2.41. The van der Waals surface area contributed by atoms with Gasteiger partial charge in [-0.2, -0.15) is 0 Å². The van der Waals surface area contributed by atoms with Gasteiger partial charge in [0.25, 0.3) is 0 Å². The summed E-state index contributed by atoms with van der Waals surface area (Å²) in [6.45, 7) is 8.43. The van der Waals surface area contributed by atoms with Gasteiger partial charge in [0.1, 0.15) is 0 Å². The molecule has 0 radical (unpaired) electrons. The molecule has 0 aliphatic rings. The van der Waals surface area contributed by atoms with Gasteiger partial charge in [-0.25, -0.2) is 4.79 Å². The summed E-state index contributed by atoms with van der Waals surface area (Å²) in [4.78, 5) is 14.4. The zero-order valence-electron chi connectivity index (χ0n) is 15.0. The SMILES string of the molecule is CCCCNC(=O)N(Cc1cccn1Cc1ccccc1)C(C)C. The molecule has 0 aliphatic heterocycles. The number of benzene rings is 1. The van der Waals surface area contributed by atoms with E-state index in [-0.39, 0.29) is 12.1 Å². The molecule has 2 amide bonds. The molecule has 0 bridgehead atoms. The van der Waals surface area contributed by atoms with Gasteiger partial charge in [0.05, 0.1) is 6.54 Å². The van der Waals surface area contributed by atoms with E-state index in [1.165, 1.54) is 5.56 Å². The number of amides is 2. The first kappa shape index (κ1) is 18.1. The van der Waals surface area contributed by atoms with Crippen LogP contribution in [0.5, 0.6) is 0 Å². The maximum absolute atomic E-state index is 12.5. The number of aromatic nitrogens is 1. The quantitative estimate of drug-likeness (QED) is 0.723. The number of carbonyl (C=O) groups is 1. The fourth-order valence-electron chi connectivity index (χ4n) is 2.66. The highest BCUT2D eigenvalue weighted by molar-refractivity contribution is 5.74. The van der Waals surface area contributed by atoms with E-state index in [1.54, 1.807) is 0 Å². The molecule has 0 saturated carbocycles. The Morgan fingerprint density at radius 3 is 2.58 bits per heavy atom. The van der Waals surface area contributed by atoms with Gasteiger partial charge in [0.2, 0.25) is 0 Å². The minimum Gasteiger partial charge on any atom is -0.345 e. The van der Waals surface area contributed by atoms with Crippen LogP contribution < -0.4 is 5.32 Å². The smallest absolute Gasteiger partial charge is 0.317 e.